The number of likely N-dealkylation sites (tertiary alicyclic amines) is 1. The highest BCUT2D eigenvalue weighted by atomic mass is 35.5. The van der Waals surface area contributed by atoms with Gasteiger partial charge < -0.3 is 61.2 Å². The van der Waals surface area contributed by atoms with E-state index in [1.54, 1.807) is 26.4 Å². The Morgan fingerprint density at radius 1 is 0.485 bits per heavy atom. The fraction of sp³-hybridized carbons (Fsp3) is 0.352. The van der Waals surface area contributed by atoms with Crippen LogP contribution < -0.4 is 51.4 Å². The predicted molar refractivity (Wildman–Crippen MR) is 397 cm³/mol. The molecule has 32 heteroatoms. The summed E-state index contributed by atoms with van der Waals surface area (Å²) < 4.78 is 99.1. The summed E-state index contributed by atoms with van der Waals surface area (Å²) >= 11 is 35.5. The van der Waals surface area contributed by atoms with Gasteiger partial charge >= 0.3 is 12.1 Å². The van der Waals surface area contributed by atoms with Crippen molar-refractivity contribution in [2.45, 2.75) is 65.8 Å². The van der Waals surface area contributed by atoms with Crippen LogP contribution >= 0.6 is 69.6 Å². The maximum atomic E-state index is 14.6. The first-order valence-electron chi connectivity index (χ1n) is 31.5. The predicted octanol–water partition coefficient (Wildman–Crippen LogP) is 17.7. The van der Waals surface area contributed by atoms with Crippen LogP contribution in [0.3, 0.4) is 0 Å². The second kappa shape index (κ2) is 31.8. The molecule has 4 saturated heterocycles. The average molecular weight is 1540 g/mol. The SMILES string of the molecule is C.C.C.C=CC(=O)N1C[C@H]2C[C@@H](C1)C2Nc1cc2c(Nc3ccc(Cl)c(Cl)c3F)ncnc2cc1OC.COc1cc2ncnc(Nc3ccc(Cl)c(Cl)c3F)c2cc1NC1[C@@H]2CNC[C@H]1C2.COc1cc2ncnc(Nc3ccc(Cl)c(Cl)c3F)c2cc1NC1[C@@H]2C[C@H]1CN(C(=O)C(F)(F)F)C2. The summed E-state index contributed by atoms with van der Waals surface area (Å²) in [6, 6.07) is 20.4. The van der Waals surface area contributed by atoms with Crippen molar-refractivity contribution in [3.63, 3.8) is 0 Å². The smallest absolute Gasteiger partial charge is 0.471 e. The molecule has 3 saturated carbocycles. The molecule has 546 valence electrons. The Balaban J connectivity index is 0.000000164. The van der Waals surface area contributed by atoms with Crippen molar-refractivity contribution >= 4 is 166 Å². The number of alkyl halides is 3. The minimum Gasteiger partial charge on any atom is -0.495 e. The third-order valence-corrected chi connectivity index (χ3v) is 21.6. The van der Waals surface area contributed by atoms with Crippen molar-refractivity contribution in [2.24, 2.45) is 35.5 Å². The van der Waals surface area contributed by atoms with E-state index < -0.39 is 29.5 Å². The standard InChI is InChI=1S/C24H22Cl2FN5O2.C23H19Cl2F4N5O2.C21H20Cl2FN5O.3CH4/c1-3-20(33)32-9-12-6-13(10-32)23(12)30-18-7-14-17(8-19(18)34-2)28-11-29-24(14)31-16-5-4-15(25)21(26)22(16)27;1-36-17-6-15-12(21(31-9-30-15)33-14-3-2-13(24)18(25)19(14)26)5-16(17)32-20-10-4-11(20)8-34(7-10)22(35)23(27,28)29;1-30-17-6-15-12(5-16(17)28-20-10-4-11(20)8-25-7-10)21(27-9-26-15)29-14-3-2-13(22)18(23)19(14)24;;;/h3-5,7-8,11-13,23,30H,1,6,9-10H2,2H3,(H,28,29,31);2-3,5-6,9-11,20,32H,4,7-8H2,1H3,(H,30,31,33);2-3,5-6,9-11,20,25,28H,4,7-8H2,1H3,(H,26,27,29);3*1H4/t12-,13+,23?;2*10-,11+,20?;;;. The van der Waals surface area contributed by atoms with E-state index in [0.29, 0.717) is 111 Å². The van der Waals surface area contributed by atoms with Crippen molar-refractivity contribution in [3.05, 3.63) is 152 Å². The normalized spacial score (nSPS) is 20.9. The molecule has 16 rings (SSSR count). The third-order valence-electron chi connectivity index (χ3n) is 19.2. The van der Waals surface area contributed by atoms with Gasteiger partial charge in [0.05, 0.1) is 102 Å². The van der Waals surface area contributed by atoms with Crippen molar-refractivity contribution in [1.29, 1.82) is 0 Å². The van der Waals surface area contributed by atoms with Crippen molar-refractivity contribution in [2.75, 3.05) is 92.5 Å². The molecule has 7 aliphatic rings. The number of ether oxygens (including phenoxy) is 3. The molecular weight excluding hydrogens is 1470 g/mol. The number of methoxy groups -OCH3 is 3. The third kappa shape index (κ3) is 15.5. The van der Waals surface area contributed by atoms with Crippen molar-refractivity contribution < 1.29 is 50.1 Å². The van der Waals surface area contributed by atoms with Crippen LogP contribution in [0.5, 0.6) is 17.2 Å². The average Bonchev–Trinajstić information content (AvgIpc) is 0.758. The zero-order chi connectivity index (χ0) is 70.6. The summed E-state index contributed by atoms with van der Waals surface area (Å²) in [6.07, 6.45) is 3.66. The zero-order valence-electron chi connectivity index (χ0n) is 53.2. The number of hydrogen-bond donors (Lipinski definition) is 7. The molecule has 6 aromatic carbocycles. The number of nitrogens with one attached hydrogen (secondary N) is 7. The Kier molecular flexibility index (Phi) is 23.8. The van der Waals surface area contributed by atoms with Crippen LogP contribution in [-0.2, 0) is 9.59 Å². The molecule has 3 unspecified atom stereocenters. The largest absolute Gasteiger partial charge is 0.495 e. The number of carbonyl (C=O) groups is 2. The lowest BCUT2D eigenvalue weighted by molar-refractivity contribution is -0.191. The number of piperidine rings is 6. The van der Waals surface area contributed by atoms with E-state index in [4.69, 9.17) is 83.8 Å². The number of anilines is 9. The van der Waals surface area contributed by atoms with Gasteiger partial charge in [-0.3, -0.25) is 9.59 Å². The summed E-state index contributed by atoms with van der Waals surface area (Å²) in [6.45, 7) is 7.07. The van der Waals surface area contributed by atoms with E-state index in [-0.39, 0.29) is 112 Å². The number of halogens is 12. The molecular formula is C71H73Cl6F6N15O5. The van der Waals surface area contributed by atoms with Crippen LogP contribution in [0.25, 0.3) is 32.7 Å². The summed E-state index contributed by atoms with van der Waals surface area (Å²) in [5.41, 5.74) is 4.48. The minimum atomic E-state index is -4.88. The molecule has 3 aliphatic carbocycles. The molecule has 4 aliphatic heterocycles. The molecule has 9 aromatic rings. The van der Waals surface area contributed by atoms with Gasteiger partial charge in [-0.15, -0.1) is 0 Å². The maximum absolute atomic E-state index is 14.6. The first-order chi connectivity index (χ1) is 48.0. The molecule has 2 amide bonds. The molecule has 20 nitrogen and oxygen atoms in total. The van der Waals surface area contributed by atoms with Crippen LogP contribution in [0.15, 0.2) is 104 Å². The van der Waals surface area contributed by atoms with Gasteiger partial charge in [-0.1, -0.05) is 98.5 Å². The van der Waals surface area contributed by atoms with Gasteiger partial charge in [-0.2, -0.15) is 13.2 Å². The van der Waals surface area contributed by atoms with E-state index >= 15 is 0 Å². The highest BCUT2D eigenvalue weighted by Gasteiger charge is 2.53. The maximum Gasteiger partial charge on any atom is 0.471 e. The lowest BCUT2D eigenvalue weighted by Crippen LogP contribution is -2.63. The molecule has 0 spiro atoms. The Morgan fingerprint density at radius 3 is 1.10 bits per heavy atom. The van der Waals surface area contributed by atoms with E-state index in [1.165, 1.54) is 75.0 Å². The number of aromatic nitrogens is 6. The van der Waals surface area contributed by atoms with Gasteiger partial charge in [0.15, 0.2) is 17.5 Å². The summed E-state index contributed by atoms with van der Waals surface area (Å²) in [4.78, 5) is 52.2. The van der Waals surface area contributed by atoms with Crippen LogP contribution in [0.1, 0.15) is 41.5 Å². The van der Waals surface area contributed by atoms with Gasteiger partial charge in [-0.25, -0.2) is 43.1 Å². The quantitative estimate of drug-likeness (QED) is 0.0271. The summed E-state index contributed by atoms with van der Waals surface area (Å²) in [5.74, 6) is 0.815. The minimum absolute atomic E-state index is 0. The van der Waals surface area contributed by atoms with Crippen LogP contribution in [0, 0.1) is 53.0 Å². The topological polar surface area (TPSA) is 230 Å². The molecule has 103 heavy (non-hydrogen) atoms. The molecule has 7 heterocycles. The first kappa shape index (κ1) is 77.1. The lowest BCUT2D eigenvalue weighted by Gasteiger charge is -2.54. The first-order valence-corrected chi connectivity index (χ1v) is 33.7. The van der Waals surface area contributed by atoms with Gasteiger partial charge in [0.1, 0.15) is 53.7 Å². The van der Waals surface area contributed by atoms with Crippen molar-refractivity contribution in [3.8, 4) is 17.2 Å². The van der Waals surface area contributed by atoms with E-state index in [9.17, 15) is 35.9 Å². The van der Waals surface area contributed by atoms with Gasteiger partial charge in [0.2, 0.25) is 5.91 Å². The Labute approximate surface area is 620 Å². The van der Waals surface area contributed by atoms with Crippen LogP contribution in [0.2, 0.25) is 30.1 Å². The highest BCUT2D eigenvalue weighted by molar-refractivity contribution is 6.43. The monoisotopic (exact) mass is 1540 g/mol. The number of amides is 2. The molecule has 6 bridgehead atoms. The van der Waals surface area contributed by atoms with E-state index in [1.807, 2.05) is 29.2 Å². The van der Waals surface area contributed by atoms with Gasteiger partial charge in [-0.05, 0) is 129 Å². The second-order valence-corrected chi connectivity index (χ2v) is 27.4. The number of nitrogens with zero attached hydrogens (tertiary/aromatic N) is 8. The van der Waals surface area contributed by atoms with Crippen LogP contribution in [-0.4, -0.2) is 136 Å². The highest BCUT2D eigenvalue weighted by Crippen LogP contribution is 2.48. The Morgan fingerprint density at radius 2 is 0.796 bits per heavy atom. The summed E-state index contributed by atoms with van der Waals surface area (Å²) in [7, 11) is 4.73. The Hall–Kier alpha value is -8.50. The molecule has 9 atom stereocenters. The zero-order valence-corrected chi connectivity index (χ0v) is 57.7. The lowest BCUT2D eigenvalue weighted by atomic mass is 9.66. The van der Waals surface area contributed by atoms with Gasteiger partial charge in [0, 0.05) is 78.7 Å². The van der Waals surface area contributed by atoms with Crippen molar-refractivity contribution in [1.82, 2.24) is 45.0 Å². The van der Waals surface area contributed by atoms with Crippen LogP contribution in [0.4, 0.5) is 77.9 Å². The molecule has 0 radical (unpaired) electrons. The number of carbonyl (C=O) groups excluding carboxylic acids is 2. The fourth-order valence-electron chi connectivity index (χ4n) is 14.1. The number of benzene rings is 6. The number of fused-ring (bicyclic) bond motifs is 9. The van der Waals surface area contributed by atoms with E-state index in [2.05, 4.69) is 73.7 Å². The summed E-state index contributed by atoms with van der Waals surface area (Å²) in [5, 5.41) is 24.8. The second-order valence-electron chi connectivity index (χ2n) is 25.0. The molecule has 3 aromatic heterocycles. The number of hydrogen-bond acceptors (Lipinski definition) is 18. The Bertz CT molecular complexity index is 4670. The fourth-order valence-corrected chi connectivity index (χ4v) is 15.0. The molecule has 7 N–H and O–H groups in total. The van der Waals surface area contributed by atoms with E-state index in [0.717, 1.165) is 47.6 Å². The van der Waals surface area contributed by atoms with Gasteiger partial charge in [0.25, 0.3) is 0 Å². The number of rotatable bonds is 16. The molecule has 7 fully saturated rings.